The second-order valence-corrected chi connectivity index (χ2v) is 7.15. The lowest BCUT2D eigenvalue weighted by atomic mass is 10.2. The van der Waals surface area contributed by atoms with Gasteiger partial charge in [-0.1, -0.05) is 6.07 Å². The van der Waals surface area contributed by atoms with Gasteiger partial charge >= 0.3 is 0 Å². The van der Waals surface area contributed by atoms with Gasteiger partial charge in [0.25, 0.3) is 0 Å². The average Bonchev–Trinajstić information content (AvgIpc) is 3.46. The fourth-order valence-corrected chi connectivity index (χ4v) is 3.47. The van der Waals surface area contributed by atoms with Crippen LogP contribution >= 0.6 is 11.3 Å². The third-order valence-electron chi connectivity index (χ3n) is 4.21. The molecule has 0 aliphatic heterocycles. The van der Waals surface area contributed by atoms with Crippen molar-refractivity contribution < 1.29 is 18.6 Å². The lowest BCUT2D eigenvalue weighted by molar-refractivity contribution is 0.324. The van der Waals surface area contributed by atoms with Crippen molar-refractivity contribution in [3.05, 3.63) is 47.2 Å². The maximum Gasteiger partial charge on any atom is 0.236 e. The zero-order chi connectivity index (χ0) is 21.3. The Morgan fingerprint density at radius 3 is 2.50 bits per heavy atom. The molecule has 8 nitrogen and oxygen atoms in total. The first-order chi connectivity index (χ1) is 14.7. The van der Waals surface area contributed by atoms with Crippen molar-refractivity contribution in [2.75, 3.05) is 27.9 Å². The highest BCUT2D eigenvalue weighted by Gasteiger charge is 2.13. The number of aromatic nitrogens is 1. The molecule has 3 rings (SSSR count). The predicted octanol–water partition coefficient (Wildman–Crippen LogP) is 3.68. The number of thiophene rings is 1. The van der Waals surface area contributed by atoms with Crippen LogP contribution in [0.3, 0.4) is 0 Å². The SMILES string of the molecule is CCNC(=NCc1cc(OC)c(OC)c(OC)c1)NCc1coc(-c2cccs2)n1. The summed E-state index contributed by atoms with van der Waals surface area (Å²) in [4.78, 5) is 10.2. The molecule has 0 aliphatic rings. The minimum Gasteiger partial charge on any atom is -0.493 e. The van der Waals surface area contributed by atoms with Gasteiger partial charge in [0.05, 0.1) is 45.0 Å². The number of nitrogens with zero attached hydrogens (tertiary/aromatic N) is 2. The van der Waals surface area contributed by atoms with Gasteiger partial charge in [-0.2, -0.15) is 0 Å². The molecule has 0 saturated carbocycles. The minimum atomic E-state index is 0.436. The summed E-state index contributed by atoms with van der Waals surface area (Å²) in [7, 11) is 4.77. The summed E-state index contributed by atoms with van der Waals surface area (Å²) in [5, 5.41) is 8.51. The second-order valence-electron chi connectivity index (χ2n) is 6.20. The number of hydrogen-bond donors (Lipinski definition) is 2. The summed E-state index contributed by atoms with van der Waals surface area (Å²) in [6, 6.07) is 7.73. The lowest BCUT2D eigenvalue weighted by Gasteiger charge is -2.14. The molecule has 0 radical (unpaired) electrons. The third kappa shape index (κ3) is 5.24. The number of methoxy groups -OCH3 is 3. The maximum absolute atomic E-state index is 5.56. The van der Waals surface area contributed by atoms with Crippen molar-refractivity contribution in [1.29, 1.82) is 0 Å². The Balaban J connectivity index is 1.69. The van der Waals surface area contributed by atoms with Crippen molar-refractivity contribution in [3.63, 3.8) is 0 Å². The van der Waals surface area contributed by atoms with Gasteiger partial charge in [-0.3, -0.25) is 0 Å². The normalized spacial score (nSPS) is 11.3. The molecule has 0 aliphatic carbocycles. The molecule has 0 spiro atoms. The standard InChI is InChI=1S/C21H26N4O4S/c1-5-22-21(24-12-15-13-29-20(25-15)18-7-6-8-30-18)23-11-14-9-16(26-2)19(28-4)17(10-14)27-3/h6-10,13H,5,11-12H2,1-4H3,(H2,22,23,24). The fraction of sp³-hybridized carbons (Fsp3) is 0.333. The van der Waals surface area contributed by atoms with Gasteiger partial charge in [-0.25, -0.2) is 9.98 Å². The Morgan fingerprint density at radius 2 is 1.90 bits per heavy atom. The second kappa shape index (κ2) is 10.5. The number of rotatable bonds is 9. The molecule has 0 bridgehead atoms. The number of guanidine groups is 1. The molecule has 3 aromatic rings. The molecule has 160 valence electrons. The first kappa shape index (κ1) is 21.5. The van der Waals surface area contributed by atoms with Crippen LogP contribution in [0.4, 0.5) is 0 Å². The molecular weight excluding hydrogens is 404 g/mol. The number of oxazole rings is 1. The molecular formula is C21H26N4O4S. The van der Waals surface area contributed by atoms with Crippen LogP contribution in [0.1, 0.15) is 18.2 Å². The number of aliphatic imine (C=N–C) groups is 1. The Kier molecular flexibility index (Phi) is 7.56. The molecule has 2 N–H and O–H groups in total. The number of hydrogen-bond acceptors (Lipinski definition) is 7. The number of benzene rings is 1. The highest BCUT2D eigenvalue weighted by molar-refractivity contribution is 7.13. The summed E-state index contributed by atoms with van der Waals surface area (Å²) >= 11 is 1.59. The van der Waals surface area contributed by atoms with E-state index in [2.05, 4.69) is 20.6 Å². The molecule has 30 heavy (non-hydrogen) atoms. The maximum atomic E-state index is 5.56. The molecule has 0 saturated heterocycles. The van der Waals surface area contributed by atoms with E-state index in [1.54, 1.807) is 38.9 Å². The van der Waals surface area contributed by atoms with Crippen molar-refractivity contribution in [1.82, 2.24) is 15.6 Å². The van der Waals surface area contributed by atoms with Gasteiger partial charge in [0.1, 0.15) is 6.26 Å². The summed E-state index contributed by atoms with van der Waals surface area (Å²) in [5.74, 6) is 3.06. The summed E-state index contributed by atoms with van der Waals surface area (Å²) in [6.07, 6.45) is 1.66. The average molecular weight is 431 g/mol. The van der Waals surface area contributed by atoms with E-state index in [-0.39, 0.29) is 0 Å². The molecule has 9 heteroatoms. The smallest absolute Gasteiger partial charge is 0.236 e. The highest BCUT2D eigenvalue weighted by atomic mass is 32.1. The zero-order valence-electron chi connectivity index (χ0n) is 17.5. The monoisotopic (exact) mass is 430 g/mol. The molecule has 2 aromatic heterocycles. The lowest BCUT2D eigenvalue weighted by Crippen LogP contribution is -2.36. The van der Waals surface area contributed by atoms with Crippen LogP contribution in [0, 0.1) is 0 Å². The zero-order valence-corrected chi connectivity index (χ0v) is 18.3. The Labute approximate surface area is 179 Å². The Bertz CT molecular complexity index is 944. The summed E-state index contributed by atoms with van der Waals surface area (Å²) in [6.45, 7) is 3.68. The van der Waals surface area contributed by atoms with Gasteiger partial charge in [-0.15, -0.1) is 11.3 Å². The van der Waals surface area contributed by atoms with E-state index in [1.165, 1.54) is 0 Å². The van der Waals surface area contributed by atoms with E-state index in [1.807, 2.05) is 36.6 Å². The van der Waals surface area contributed by atoms with Crippen LogP contribution in [0.5, 0.6) is 17.2 Å². The first-order valence-corrected chi connectivity index (χ1v) is 10.4. The van der Waals surface area contributed by atoms with Gasteiger partial charge in [-0.05, 0) is 36.1 Å². The minimum absolute atomic E-state index is 0.436. The van der Waals surface area contributed by atoms with E-state index in [0.29, 0.717) is 42.2 Å². The van der Waals surface area contributed by atoms with E-state index < -0.39 is 0 Å². The molecule has 0 atom stereocenters. The highest BCUT2D eigenvalue weighted by Crippen LogP contribution is 2.38. The van der Waals surface area contributed by atoms with E-state index in [0.717, 1.165) is 22.7 Å². The van der Waals surface area contributed by atoms with Crippen LogP contribution < -0.4 is 24.8 Å². The molecule has 1 aromatic carbocycles. The van der Waals surface area contributed by atoms with Crippen LogP contribution in [0.25, 0.3) is 10.8 Å². The summed E-state index contributed by atoms with van der Waals surface area (Å²) < 4.78 is 21.7. The molecule has 0 unspecified atom stereocenters. The Hall–Kier alpha value is -3.20. The van der Waals surface area contributed by atoms with Crippen molar-refractivity contribution >= 4 is 17.3 Å². The molecule has 0 amide bonds. The van der Waals surface area contributed by atoms with E-state index >= 15 is 0 Å². The van der Waals surface area contributed by atoms with Crippen molar-refractivity contribution in [3.8, 4) is 28.0 Å². The van der Waals surface area contributed by atoms with Crippen molar-refractivity contribution in [2.45, 2.75) is 20.0 Å². The predicted molar refractivity (Wildman–Crippen MR) is 118 cm³/mol. The van der Waals surface area contributed by atoms with Crippen LogP contribution in [0.15, 0.2) is 45.3 Å². The Morgan fingerprint density at radius 1 is 1.13 bits per heavy atom. The van der Waals surface area contributed by atoms with Gasteiger partial charge in [0, 0.05) is 6.54 Å². The summed E-state index contributed by atoms with van der Waals surface area (Å²) in [5.41, 5.74) is 1.74. The van der Waals surface area contributed by atoms with Crippen molar-refractivity contribution in [2.24, 2.45) is 4.99 Å². The largest absolute Gasteiger partial charge is 0.493 e. The molecule has 0 fully saturated rings. The van der Waals surface area contributed by atoms with Gasteiger partial charge in [0.2, 0.25) is 11.6 Å². The fourth-order valence-electron chi connectivity index (χ4n) is 2.81. The third-order valence-corrected chi connectivity index (χ3v) is 5.07. The van der Waals surface area contributed by atoms with Crippen LogP contribution in [-0.2, 0) is 13.1 Å². The van der Waals surface area contributed by atoms with E-state index in [4.69, 9.17) is 18.6 Å². The van der Waals surface area contributed by atoms with Crippen LogP contribution in [-0.4, -0.2) is 38.8 Å². The van der Waals surface area contributed by atoms with E-state index in [9.17, 15) is 0 Å². The quantitative estimate of drug-likeness (QED) is 0.395. The van der Waals surface area contributed by atoms with Gasteiger partial charge < -0.3 is 29.3 Å². The first-order valence-electron chi connectivity index (χ1n) is 9.47. The van der Waals surface area contributed by atoms with Crippen LogP contribution in [0.2, 0.25) is 0 Å². The number of nitrogens with one attached hydrogen (secondary N) is 2. The topological polar surface area (TPSA) is 90.1 Å². The number of ether oxygens (including phenoxy) is 3. The van der Waals surface area contributed by atoms with Gasteiger partial charge in [0.15, 0.2) is 17.5 Å². The molecule has 2 heterocycles.